The topological polar surface area (TPSA) is 49.2 Å². The van der Waals surface area contributed by atoms with Crippen LogP contribution in [0.1, 0.15) is 6.42 Å². The smallest absolute Gasteiger partial charge is 0.159 e. The number of aryl methyl sites for hydroxylation is 1. The average Bonchev–Trinajstić information content (AvgIpc) is 3.07. The Balaban J connectivity index is 1.72. The Morgan fingerprint density at radius 3 is 2.68 bits per heavy atom. The Labute approximate surface area is 125 Å². The second-order valence-corrected chi connectivity index (χ2v) is 5.30. The first-order valence-electron chi connectivity index (χ1n) is 6.22. The van der Waals surface area contributed by atoms with Gasteiger partial charge in [-0.1, -0.05) is 35.5 Å². The van der Waals surface area contributed by atoms with Crippen LogP contribution in [0.25, 0.3) is 11.3 Å². The maximum absolute atomic E-state index is 5.42. The number of hydrogen-bond donors (Lipinski definition) is 0. The van der Waals surface area contributed by atoms with E-state index in [-0.39, 0.29) is 6.29 Å². The molecule has 1 aliphatic rings. The first-order chi connectivity index (χ1) is 9.34. The standard InChI is InChI=1S/C13H14IN3O2/c14-13-12(10-4-2-1-3-5-10)15-16-17(13)7-6-11-18-8-9-19-11/h1-5,11H,6-9H2. The van der Waals surface area contributed by atoms with Crippen molar-refractivity contribution in [2.75, 3.05) is 13.2 Å². The van der Waals surface area contributed by atoms with Crippen LogP contribution in [0.3, 0.4) is 0 Å². The number of hydrogen-bond acceptors (Lipinski definition) is 4. The highest BCUT2D eigenvalue weighted by Gasteiger charge is 2.17. The largest absolute Gasteiger partial charge is 0.350 e. The van der Waals surface area contributed by atoms with Gasteiger partial charge in [-0.05, 0) is 22.6 Å². The van der Waals surface area contributed by atoms with Crippen molar-refractivity contribution in [3.8, 4) is 11.3 Å². The van der Waals surface area contributed by atoms with E-state index in [0.717, 1.165) is 27.9 Å². The van der Waals surface area contributed by atoms with Crippen LogP contribution in [-0.4, -0.2) is 34.5 Å². The minimum atomic E-state index is -0.0971. The minimum Gasteiger partial charge on any atom is -0.350 e. The van der Waals surface area contributed by atoms with E-state index in [9.17, 15) is 0 Å². The van der Waals surface area contributed by atoms with Crippen LogP contribution in [0.4, 0.5) is 0 Å². The van der Waals surface area contributed by atoms with Gasteiger partial charge in [-0.2, -0.15) is 0 Å². The van der Waals surface area contributed by atoms with Crippen molar-refractivity contribution in [1.29, 1.82) is 0 Å². The number of halogens is 1. The van der Waals surface area contributed by atoms with Gasteiger partial charge >= 0.3 is 0 Å². The summed E-state index contributed by atoms with van der Waals surface area (Å²) in [5.41, 5.74) is 2.01. The third-order valence-electron chi connectivity index (χ3n) is 2.99. The molecule has 0 atom stereocenters. The quantitative estimate of drug-likeness (QED) is 0.775. The SMILES string of the molecule is Ic1c(-c2ccccc2)nnn1CCC1OCCO1. The Bertz CT molecular complexity index is 538. The Morgan fingerprint density at radius 2 is 1.95 bits per heavy atom. The molecule has 1 aliphatic heterocycles. The summed E-state index contributed by atoms with van der Waals surface area (Å²) in [7, 11) is 0. The lowest BCUT2D eigenvalue weighted by Gasteiger charge is -2.08. The summed E-state index contributed by atoms with van der Waals surface area (Å²) in [5.74, 6) is 0. The van der Waals surface area contributed by atoms with E-state index in [1.54, 1.807) is 0 Å². The van der Waals surface area contributed by atoms with E-state index in [1.165, 1.54) is 0 Å². The summed E-state index contributed by atoms with van der Waals surface area (Å²) in [6.45, 7) is 2.13. The van der Waals surface area contributed by atoms with E-state index in [4.69, 9.17) is 9.47 Å². The Morgan fingerprint density at radius 1 is 1.21 bits per heavy atom. The zero-order chi connectivity index (χ0) is 13.1. The third-order valence-corrected chi connectivity index (χ3v) is 4.06. The molecule has 1 fully saturated rings. The fourth-order valence-corrected chi connectivity index (χ4v) is 2.78. The van der Waals surface area contributed by atoms with Crippen LogP contribution in [0, 0.1) is 3.70 Å². The number of ether oxygens (including phenoxy) is 2. The van der Waals surface area contributed by atoms with Crippen LogP contribution < -0.4 is 0 Å². The normalized spacial score (nSPS) is 16.1. The Kier molecular flexibility index (Phi) is 4.09. The van der Waals surface area contributed by atoms with Crippen molar-refractivity contribution in [2.24, 2.45) is 0 Å². The fourth-order valence-electron chi connectivity index (χ4n) is 2.02. The third kappa shape index (κ3) is 2.96. The molecule has 6 heteroatoms. The van der Waals surface area contributed by atoms with Crippen molar-refractivity contribution in [1.82, 2.24) is 15.0 Å². The Hall–Kier alpha value is -0.990. The van der Waals surface area contributed by atoms with Gasteiger partial charge in [0.25, 0.3) is 0 Å². The summed E-state index contributed by atoms with van der Waals surface area (Å²) in [6, 6.07) is 10.1. The maximum Gasteiger partial charge on any atom is 0.159 e. The molecule has 1 aromatic carbocycles. The van der Waals surface area contributed by atoms with Gasteiger partial charge in [0.2, 0.25) is 0 Å². The molecule has 5 nitrogen and oxygen atoms in total. The van der Waals surface area contributed by atoms with Gasteiger partial charge in [-0.3, -0.25) is 0 Å². The van der Waals surface area contributed by atoms with Crippen molar-refractivity contribution in [2.45, 2.75) is 19.3 Å². The molecule has 0 aliphatic carbocycles. The molecule has 0 N–H and O–H groups in total. The van der Waals surface area contributed by atoms with Gasteiger partial charge in [-0.15, -0.1) is 5.10 Å². The number of aromatic nitrogens is 3. The molecule has 1 saturated heterocycles. The predicted octanol–water partition coefficient (Wildman–Crippen LogP) is 2.31. The predicted molar refractivity (Wildman–Crippen MR) is 78.5 cm³/mol. The summed E-state index contributed by atoms with van der Waals surface area (Å²) < 4.78 is 13.8. The molecule has 2 heterocycles. The van der Waals surface area contributed by atoms with Crippen molar-refractivity contribution >= 4 is 22.6 Å². The monoisotopic (exact) mass is 371 g/mol. The molecule has 0 spiro atoms. The average molecular weight is 371 g/mol. The van der Waals surface area contributed by atoms with E-state index >= 15 is 0 Å². The highest BCUT2D eigenvalue weighted by atomic mass is 127. The van der Waals surface area contributed by atoms with E-state index in [2.05, 4.69) is 32.9 Å². The van der Waals surface area contributed by atoms with Gasteiger partial charge in [0.1, 0.15) is 9.39 Å². The minimum absolute atomic E-state index is 0.0971. The van der Waals surface area contributed by atoms with Crippen LogP contribution in [0.15, 0.2) is 30.3 Å². The molecule has 0 bridgehead atoms. The molecule has 3 rings (SSSR count). The zero-order valence-electron chi connectivity index (χ0n) is 10.3. The number of rotatable bonds is 4. The molecule has 0 radical (unpaired) electrons. The van der Waals surface area contributed by atoms with Crippen molar-refractivity contribution in [3.63, 3.8) is 0 Å². The van der Waals surface area contributed by atoms with E-state index in [0.29, 0.717) is 13.2 Å². The lowest BCUT2D eigenvalue weighted by Crippen LogP contribution is -2.13. The van der Waals surface area contributed by atoms with Gasteiger partial charge in [0, 0.05) is 18.5 Å². The molecule has 0 unspecified atom stereocenters. The highest BCUT2D eigenvalue weighted by Crippen LogP contribution is 2.22. The molecule has 2 aromatic rings. The summed E-state index contributed by atoms with van der Waals surface area (Å²) in [4.78, 5) is 0. The molecular formula is C13H14IN3O2. The van der Waals surface area contributed by atoms with Crippen LogP contribution in [0.2, 0.25) is 0 Å². The van der Waals surface area contributed by atoms with E-state index in [1.807, 2.05) is 35.0 Å². The van der Waals surface area contributed by atoms with Gasteiger partial charge < -0.3 is 9.47 Å². The fraction of sp³-hybridized carbons (Fsp3) is 0.385. The van der Waals surface area contributed by atoms with Crippen LogP contribution >= 0.6 is 22.6 Å². The molecular weight excluding hydrogens is 357 g/mol. The maximum atomic E-state index is 5.42. The number of benzene rings is 1. The van der Waals surface area contributed by atoms with Crippen molar-refractivity contribution in [3.05, 3.63) is 34.0 Å². The van der Waals surface area contributed by atoms with Crippen LogP contribution in [0.5, 0.6) is 0 Å². The van der Waals surface area contributed by atoms with Crippen LogP contribution in [-0.2, 0) is 16.0 Å². The summed E-state index contributed by atoms with van der Waals surface area (Å²) in [5, 5.41) is 8.46. The first-order valence-corrected chi connectivity index (χ1v) is 7.30. The lowest BCUT2D eigenvalue weighted by atomic mass is 10.2. The first kappa shape index (κ1) is 13.0. The highest BCUT2D eigenvalue weighted by molar-refractivity contribution is 14.1. The zero-order valence-corrected chi connectivity index (χ0v) is 12.5. The second kappa shape index (κ2) is 5.98. The summed E-state index contributed by atoms with van der Waals surface area (Å²) >= 11 is 2.28. The second-order valence-electron chi connectivity index (χ2n) is 4.28. The molecule has 19 heavy (non-hydrogen) atoms. The molecule has 0 saturated carbocycles. The number of nitrogens with zero attached hydrogens (tertiary/aromatic N) is 3. The summed E-state index contributed by atoms with van der Waals surface area (Å²) in [6.07, 6.45) is 0.702. The van der Waals surface area contributed by atoms with Crippen molar-refractivity contribution < 1.29 is 9.47 Å². The van der Waals surface area contributed by atoms with Gasteiger partial charge in [-0.25, -0.2) is 4.68 Å². The molecule has 0 amide bonds. The lowest BCUT2D eigenvalue weighted by molar-refractivity contribution is -0.0497. The van der Waals surface area contributed by atoms with Gasteiger partial charge in [0.15, 0.2) is 6.29 Å². The van der Waals surface area contributed by atoms with E-state index < -0.39 is 0 Å². The molecule has 1 aromatic heterocycles. The molecule has 100 valence electrons. The van der Waals surface area contributed by atoms with Gasteiger partial charge in [0.05, 0.1) is 13.2 Å².